The Labute approximate surface area is 118 Å². The number of hydrogen-bond acceptors (Lipinski definition) is 2. The molecule has 20 heavy (non-hydrogen) atoms. The molecule has 2 aromatic rings. The summed E-state index contributed by atoms with van der Waals surface area (Å²) in [6.45, 7) is 0. The molecule has 1 aromatic heterocycles. The highest BCUT2D eigenvalue weighted by atomic mass is 16.2. The second-order valence-electron chi connectivity index (χ2n) is 4.98. The predicted octanol–water partition coefficient (Wildman–Crippen LogP) is 3.60. The van der Waals surface area contributed by atoms with E-state index in [0.717, 1.165) is 29.8 Å². The summed E-state index contributed by atoms with van der Waals surface area (Å²) in [6, 6.07) is 13.6. The maximum atomic E-state index is 11.7. The van der Waals surface area contributed by atoms with Crippen molar-refractivity contribution in [3.8, 4) is 0 Å². The average molecular weight is 264 g/mol. The molecule has 1 aliphatic carbocycles. The summed E-state index contributed by atoms with van der Waals surface area (Å²) in [7, 11) is 0. The van der Waals surface area contributed by atoms with Gasteiger partial charge in [-0.25, -0.2) is 0 Å². The molecule has 0 aliphatic heterocycles. The zero-order valence-electron chi connectivity index (χ0n) is 11.1. The van der Waals surface area contributed by atoms with Crippen molar-refractivity contribution < 1.29 is 4.79 Å². The second-order valence-corrected chi connectivity index (χ2v) is 4.98. The van der Waals surface area contributed by atoms with Crippen LogP contribution in [0.2, 0.25) is 0 Å². The Balaban J connectivity index is 1.70. The molecule has 3 nitrogen and oxygen atoms in total. The van der Waals surface area contributed by atoms with E-state index in [4.69, 9.17) is 0 Å². The molecule has 0 bridgehead atoms. The maximum absolute atomic E-state index is 11.7. The first-order chi connectivity index (χ1) is 9.81. The lowest BCUT2D eigenvalue weighted by Gasteiger charge is -2.04. The summed E-state index contributed by atoms with van der Waals surface area (Å²) in [6.07, 6.45) is 7.76. The van der Waals surface area contributed by atoms with Gasteiger partial charge < -0.3 is 5.32 Å². The number of aromatic nitrogens is 1. The molecule has 0 saturated heterocycles. The number of rotatable bonds is 4. The SMILES string of the molecule is O=C(Nc1cccc(/C=C/c2ccccn2)c1)C1CC1. The fourth-order valence-electron chi connectivity index (χ4n) is 1.97. The molecule has 1 N–H and O–H groups in total. The summed E-state index contributed by atoms with van der Waals surface area (Å²) in [4.78, 5) is 16.0. The largest absolute Gasteiger partial charge is 0.326 e. The number of carbonyl (C=O) groups excluding carboxylic acids is 1. The fourth-order valence-corrected chi connectivity index (χ4v) is 1.97. The van der Waals surface area contributed by atoms with Crippen LogP contribution in [0, 0.1) is 5.92 Å². The van der Waals surface area contributed by atoms with E-state index >= 15 is 0 Å². The molecule has 0 spiro atoms. The van der Waals surface area contributed by atoms with Gasteiger partial charge in [-0.3, -0.25) is 9.78 Å². The Morgan fingerprint density at radius 2 is 2.05 bits per heavy atom. The lowest BCUT2D eigenvalue weighted by Crippen LogP contribution is -2.13. The highest BCUT2D eigenvalue weighted by Crippen LogP contribution is 2.30. The fraction of sp³-hybridized carbons (Fsp3) is 0.176. The first kappa shape index (κ1) is 12.6. The van der Waals surface area contributed by atoms with Crippen molar-refractivity contribution >= 4 is 23.7 Å². The minimum Gasteiger partial charge on any atom is -0.326 e. The normalized spacial score (nSPS) is 14.4. The summed E-state index contributed by atoms with van der Waals surface area (Å²) >= 11 is 0. The van der Waals surface area contributed by atoms with Crippen LogP contribution in [0.3, 0.4) is 0 Å². The maximum Gasteiger partial charge on any atom is 0.227 e. The lowest BCUT2D eigenvalue weighted by molar-refractivity contribution is -0.117. The van der Waals surface area contributed by atoms with E-state index in [0.29, 0.717) is 0 Å². The molecule has 100 valence electrons. The van der Waals surface area contributed by atoms with Crippen LogP contribution in [-0.4, -0.2) is 10.9 Å². The van der Waals surface area contributed by atoms with Crippen LogP contribution in [0.1, 0.15) is 24.1 Å². The van der Waals surface area contributed by atoms with Gasteiger partial charge in [0.25, 0.3) is 0 Å². The molecule has 1 aliphatic rings. The smallest absolute Gasteiger partial charge is 0.227 e. The molecular weight excluding hydrogens is 248 g/mol. The molecule has 1 fully saturated rings. The Hall–Kier alpha value is -2.42. The molecule has 1 amide bonds. The van der Waals surface area contributed by atoms with E-state index in [-0.39, 0.29) is 11.8 Å². The quantitative estimate of drug-likeness (QED) is 0.916. The molecule has 0 radical (unpaired) electrons. The number of amides is 1. The van der Waals surface area contributed by atoms with E-state index in [1.807, 2.05) is 54.6 Å². The minimum atomic E-state index is 0.135. The van der Waals surface area contributed by atoms with E-state index in [1.54, 1.807) is 6.20 Å². The molecular formula is C17H16N2O. The van der Waals surface area contributed by atoms with Gasteiger partial charge in [-0.05, 0) is 48.7 Å². The zero-order valence-corrected chi connectivity index (χ0v) is 11.1. The molecule has 3 heteroatoms. The van der Waals surface area contributed by atoms with Crippen molar-refractivity contribution in [1.82, 2.24) is 4.98 Å². The van der Waals surface area contributed by atoms with Crippen molar-refractivity contribution in [3.05, 3.63) is 59.9 Å². The van der Waals surface area contributed by atoms with Gasteiger partial charge in [0.15, 0.2) is 0 Å². The number of anilines is 1. The molecule has 0 unspecified atom stereocenters. The van der Waals surface area contributed by atoms with Gasteiger partial charge in [0.05, 0.1) is 5.69 Å². The van der Waals surface area contributed by atoms with Gasteiger partial charge in [-0.1, -0.05) is 24.3 Å². The molecule has 3 rings (SSSR count). The minimum absolute atomic E-state index is 0.135. The van der Waals surface area contributed by atoms with E-state index in [2.05, 4.69) is 10.3 Å². The Kier molecular flexibility index (Phi) is 3.59. The van der Waals surface area contributed by atoms with E-state index in [1.165, 1.54) is 0 Å². The number of pyridine rings is 1. The van der Waals surface area contributed by atoms with Crippen molar-refractivity contribution in [2.45, 2.75) is 12.8 Å². The first-order valence-corrected chi connectivity index (χ1v) is 6.81. The van der Waals surface area contributed by atoms with Crippen LogP contribution in [0.15, 0.2) is 48.7 Å². The third kappa shape index (κ3) is 3.32. The van der Waals surface area contributed by atoms with Crippen LogP contribution >= 0.6 is 0 Å². The average Bonchev–Trinajstić information content (AvgIpc) is 3.31. The van der Waals surface area contributed by atoms with Gasteiger partial charge in [0.1, 0.15) is 0 Å². The first-order valence-electron chi connectivity index (χ1n) is 6.81. The highest BCUT2D eigenvalue weighted by molar-refractivity contribution is 5.94. The second kappa shape index (κ2) is 5.70. The molecule has 1 heterocycles. The van der Waals surface area contributed by atoms with Crippen LogP contribution in [0.25, 0.3) is 12.2 Å². The lowest BCUT2D eigenvalue weighted by atomic mass is 10.1. The number of hydrogen-bond donors (Lipinski definition) is 1. The van der Waals surface area contributed by atoms with Crippen molar-refractivity contribution in [2.75, 3.05) is 5.32 Å². The number of nitrogens with zero attached hydrogens (tertiary/aromatic N) is 1. The summed E-state index contributed by atoms with van der Waals surface area (Å²) in [5.74, 6) is 0.360. The van der Waals surface area contributed by atoms with Crippen LogP contribution in [-0.2, 0) is 4.79 Å². The third-order valence-electron chi connectivity index (χ3n) is 3.24. The van der Waals surface area contributed by atoms with Gasteiger partial charge in [-0.2, -0.15) is 0 Å². The van der Waals surface area contributed by atoms with Crippen LogP contribution in [0.5, 0.6) is 0 Å². The summed E-state index contributed by atoms with van der Waals surface area (Å²) in [5, 5.41) is 2.95. The third-order valence-corrected chi connectivity index (χ3v) is 3.24. The predicted molar refractivity (Wildman–Crippen MR) is 81.0 cm³/mol. The van der Waals surface area contributed by atoms with Gasteiger partial charge >= 0.3 is 0 Å². The Morgan fingerprint density at radius 1 is 1.15 bits per heavy atom. The van der Waals surface area contributed by atoms with Crippen molar-refractivity contribution in [1.29, 1.82) is 0 Å². The van der Waals surface area contributed by atoms with E-state index in [9.17, 15) is 4.79 Å². The molecule has 1 aromatic carbocycles. The summed E-state index contributed by atoms with van der Waals surface area (Å²) in [5.41, 5.74) is 2.81. The Morgan fingerprint density at radius 3 is 2.80 bits per heavy atom. The summed E-state index contributed by atoms with van der Waals surface area (Å²) < 4.78 is 0. The van der Waals surface area contributed by atoms with Crippen molar-refractivity contribution in [2.24, 2.45) is 5.92 Å². The molecule has 1 saturated carbocycles. The standard InChI is InChI=1S/C17H16N2O/c20-17(14-8-9-14)19-16-6-3-4-13(12-16)7-10-15-5-1-2-11-18-15/h1-7,10-12,14H,8-9H2,(H,19,20)/b10-7+. The van der Waals surface area contributed by atoms with Gasteiger partial charge in [0.2, 0.25) is 5.91 Å². The zero-order chi connectivity index (χ0) is 13.8. The van der Waals surface area contributed by atoms with Crippen molar-refractivity contribution in [3.63, 3.8) is 0 Å². The van der Waals surface area contributed by atoms with Gasteiger partial charge in [0, 0.05) is 17.8 Å². The Bertz CT molecular complexity index is 630. The molecule has 0 atom stereocenters. The van der Waals surface area contributed by atoms with Crippen LogP contribution < -0.4 is 5.32 Å². The van der Waals surface area contributed by atoms with E-state index < -0.39 is 0 Å². The van der Waals surface area contributed by atoms with Gasteiger partial charge in [-0.15, -0.1) is 0 Å². The monoisotopic (exact) mass is 264 g/mol. The van der Waals surface area contributed by atoms with Crippen LogP contribution in [0.4, 0.5) is 5.69 Å². The topological polar surface area (TPSA) is 42.0 Å². The number of nitrogens with one attached hydrogen (secondary N) is 1. The number of carbonyl (C=O) groups is 1. The highest BCUT2D eigenvalue weighted by Gasteiger charge is 2.29. The number of benzene rings is 1.